The lowest BCUT2D eigenvalue weighted by Gasteiger charge is -2.60. The SMILES string of the molecule is COc1ccc(CN2CC3(C2)CN(c2ccc(-c4cc(OCCN5CCOCC5)cn5ncc(C#N)c45)cn2)C3)cn1. The molecule has 0 N–H and O–H groups in total. The number of aromatic nitrogens is 4. The van der Waals surface area contributed by atoms with Gasteiger partial charge >= 0.3 is 0 Å². The van der Waals surface area contributed by atoms with Crippen molar-refractivity contribution in [1.29, 1.82) is 5.26 Å². The van der Waals surface area contributed by atoms with Crippen molar-refractivity contribution >= 4 is 11.3 Å². The predicted octanol–water partition coefficient (Wildman–Crippen LogP) is 2.70. The molecule has 3 fully saturated rings. The molecule has 4 aromatic rings. The molecule has 0 unspecified atom stereocenters. The molecule has 42 heavy (non-hydrogen) atoms. The lowest BCUT2D eigenvalue weighted by atomic mass is 9.72. The van der Waals surface area contributed by atoms with E-state index in [1.165, 1.54) is 5.56 Å². The minimum Gasteiger partial charge on any atom is -0.491 e. The first-order valence-electron chi connectivity index (χ1n) is 14.4. The fourth-order valence-corrected chi connectivity index (χ4v) is 6.35. The van der Waals surface area contributed by atoms with Gasteiger partial charge in [0, 0.05) is 87.4 Å². The highest BCUT2D eigenvalue weighted by molar-refractivity contribution is 5.85. The second-order valence-corrected chi connectivity index (χ2v) is 11.5. The predicted molar refractivity (Wildman–Crippen MR) is 157 cm³/mol. The van der Waals surface area contributed by atoms with Gasteiger partial charge in [0.05, 0.1) is 43.8 Å². The molecule has 0 radical (unpaired) electrons. The third-order valence-electron chi connectivity index (χ3n) is 8.45. The van der Waals surface area contributed by atoms with Crippen LogP contribution in [0.1, 0.15) is 11.1 Å². The maximum atomic E-state index is 9.72. The summed E-state index contributed by atoms with van der Waals surface area (Å²) in [4.78, 5) is 16.3. The maximum Gasteiger partial charge on any atom is 0.212 e. The topological polar surface area (TPSA) is 104 Å². The van der Waals surface area contributed by atoms with E-state index in [1.807, 2.05) is 30.7 Å². The molecule has 11 heteroatoms. The molecule has 0 aliphatic carbocycles. The molecule has 7 heterocycles. The van der Waals surface area contributed by atoms with Crippen LogP contribution in [0.3, 0.4) is 0 Å². The summed E-state index contributed by atoms with van der Waals surface area (Å²) in [5.41, 5.74) is 4.65. The average Bonchev–Trinajstić information content (AvgIpc) is 3.41. The number of hydrogen-bond donors (Lipinski definition) is 0. The first kappa shape index (κ1) is 26.6. The summed E-state index contributed by atoms with van der Waals surface area (Å²) in [6.07, 6.45) is 7.23. The van der Waals surface area contributed by atoms with Gasteiger partial charge in [0.15, 0.2) is 0 Å². The number of likely N-dealkylation sites (tertiary alicyclic amines) is 1. The van der Waals surface area contributed by atoms with Crippen LogP contribution in [0.15, 0.2) is 55.1 Å². The number of hydrogen-bond acceptors (Lipinski definition) is 10. The van der Waals surface area contributed by atoms with Crippen LogP contribution in [-0.2, 0) is 11.3 Å². The summed E-state index contributed by atoms with van der Waals surface area (Å²) >= 11 is 0. The van der Waals surface area contributed by atoms with Crippen LogP contribution in [0.25, 0.3) is 16.6 Å². The van der Waals surface area contributed by atoms with Gasteiger partial charge in [-0.25, -0.2) is 14.5 Å². The molecule has 3 saturated heterocycles. The standard InChI is InChI=1S/C31H34N8O3/c1-40-29-5-2-23(14-34-29)17-37-19-31(20-37)21-38(22-31)28-4-3-24(15-33-28)27-12-26(18-39-30(27)25(13-32)16-35-39)42-11-8-36-6-9-41-10-7-36/h2-5,12,14-16,18H,6-11,17,19-22H2,1H3. The molecule has 0 amide bonds. The molecule has 3 aliphatic heterocycles. The summed E-state index contributed by atoms with van der Waals surface area (Å²) in [5, 5.41) is 14.1. The van der Waals surface area contributed by atoms with Gasteiger partial charge < -0.3 is 19.1 Å². The van der Waals surface area contributed by atoms with E-state index in [4.69, 9.17) is 19.2 Å². The average molecular weight is 567 g/mol. The zero-order valence-corrected chi connectivity index (χ0v) is 23.8. The number of nitrogens with zero attached hydrogens (tertiary/aromatic N) is 8. The third kappa shape index (κ3) is 5.25. The van der Waals surface area contributed by atoms with E-state index >= 15 is 0 Å². The number of fused-ring (bicyclic) bond motifs is 1. The first-order chi connectivity index (χ1) is 20.6. The highest BCUT2D eigenvalue weighted by Crippen LogP contribution is 2.42. The van der Waals surface area contributed by atoms with Crippen molar-refractivity contribution in [2.75, 3.05) is 77.6 Å². The number of anilines is 1. The maximum absolute atomic E-state index is 9.72. The Hall–Kier alpha value is -4.24. The molecule has 1 spiro atoms. The van der Waals surface area contributed by atoms with Gasteiger partial charge in [0.25, 0.3) is 0 Å². The largest absolute Gasteiger partial charge is 0.491 e. The van der Waals surface area contributed by atoms with Gasteiger partial charge in [0.1, 0.15) is 24.2 Å². The van der Waals surface area contributed by atoms with Crippen LogP contribution < -0.4 is 14.4 Å². The number of nitriles is 1. The molecule has 0 atom stereocenters. The van der Waals surface area contributed by atoms with Crippen LogP contribution >= 0.6 is 0 Å². The second-order valence-electron chi connectivity index (χ2n) is 11.5. The van der Waals surface area contributed by atoms with Crippen molar-refractivity contribution in [2.45, 2.75) is 6.54 Å². The van der Waals surface area contributed by atoms with Crippen LogP contribution in [-0.4, -0.2) is 102 Å². The number of ether oxygens (including phenoxy) is 3. The van der Waals surface area contributed by atoms with Crippen molar-refractivity contribution in [3.8, 4) is 28.8 Å². The second kappa shape index (κ2) is 11.2. The van der Waals surface area contributed by atoms with Crippen molar-refractivity contribution in [1.82, 2.24) is 29.4 Å². The molecule has 3 aliphatic rings. The molecular weight excluding hydrogens is 532 g/mol. The van der Waals surface area contributed by atoms with Gasteiger partial charge in [-0.2, -0.15) is 10.4 Å². The number of morpholine rings is 1. The van der Waals surface area contributed by atoms with Gasteiger partial charge in [0.2, 0.25) is 5.88 Å². The lowest BCUT2D eigenvalue weighted by Crippen LogP contribution is -2.72. The normalized spacial score (nSPS) is 18.4. The quantitative estimate of drug-likeness (QED) is 0.300. The molecule has 7 rings (SSSR count). The summed E-state index contributed by atoms with van der Waals surface area (Å²) in [7, 11) is 1.64. The Labute approximate surface area is 244 Å². The Bertz CT molecular complexity index is 1580. The van der Waals surface area contributed by atoms with E-state index in [0.717, 1.165) is 88.0 Å². The monoisotopic (exact) mass is 566 g/mol. The summed E-state index contributed by atoms with van der Waals surface area (Å²) in [6.45, 7) is 9.89. The van der Waals surface area contributed by atoms with Crippen molar-refractivity contribution in [3.05, 3.63) is 66.2 Å². The minimum atomic E-state index is 0.346. The van der Waals surface area contributed by atoms with Crippen LogP contribution in [0.2, 0.25) is 0 Å². The zero-order valence-electron chi connectivity index (χ0n) is 23.8. The number of pyridine rings is 3. The Morgan fingerprint density at radius 1 is 1.00 bits per heavy atom. The van der Waals surface area contributed by atoms with E-state index in [0.29, 0.717) is 29.2 Å². The molecule has 0 bridgehead atoms. The number of rotatable bonds is 9. The molecule has 0 aromatic carbocycles. The third-order valence-corrected chi connectivity index (χ3v) is 8.45. The van der Waals surface area contributed by atoms with Crippen LogP contribution in [0.4, 0.5) is 5.82 Å². The van der Waals surface area contributed by atoms with Gasteiger partial charge in [-0.15, -0.1) is 0 Å². The minimum absolute atomic E-state index is 0.346. The molecule has 0 saturated carbocycles. The highest BCUT2D eigenvalue weighted by Gasteiger charge is 2.51. The van der Waals surface area contributed by atoms with Crippen LogP contribution in [0, 0.1) is 16.7 Å². The van der Waals surface area contributed by atoms with Gasteiger partial charge in [-0.3, -0.25) is 9.80 Å². The van der Waals surface area contributed by atoms with Crippen molar-refractivity contribution in [3.63, 3.8) is 0 Å². The fourth-order valence-electron chi connectivity index (χ4n) is 6.35. The van der Waals surface area contributed by atoms with E-state index in [1.54, 1.807) is 17.8 Å². The highest BCUT2D eigenvalue weighted by atomic mass is 16.5. The first-order valence-corrected chi connectivity index (χ1v) is 14.4. The van der Waals surface area contributed by atoms with E-state index in [2.05, 4.69) is 49.1 Å². The van der Waals surface area contributed by atoms with Crippen molar-refractivity contribution in [2.24, 2.45) is 5.41 Å². The Morgan fingerprint density at radius 2 is 1.86 bits per heavy atom. The molecular formula is C31H34N8O3. The van der Waals surface area contributed by atoms with E-state index in [-0.39, 0.29) is 0 Å². The summed E-state index contributed by atoms with van der Waals surface area (Å²) in [6, 6.07) is 12.4. The van der Waals surface area contributed by atoms with Gasteiger partial charge in [-0.05, 0) is 23.8 Å². The Morgan fingerprint density at radius 3 is 2.57 bits per heavy atom. The fraction of sp³-hybridized carbons (Fsp3) is 0.419. The molecule has 11 nitrogen and oxygen atoms in total. The summed E-state index contributed by atoms with van der Waals surface area (Å²) < 4.78 is 18.5. The van der Waals surface area contributed by atoms with E-state index < -0.39 is 0 Å². The molecule has 216 valence electrons. The molecule has 4 aromatic heterocycles. The Kier molecular flexibility index (Phi) is 7.11. The van der Waals surface area contributed by atoms with E-state index in [9.17, 15) is 5.26 Å². The zero-order chi connectivity index (χ0) is 28.5. The Balaban J connectivity index is 0.997. The smallest absolute Gasteiger partial charge is 0.212 e. The lowest BCUT2D eigenvalue weighted by molar-refractivity contribution is -0.0277. The summed E-state index contributed by atoms with van der Waals surface area (Å²) in [5.74, 6) is 2.34. The van der Waals surface area contributed by atoms with Crippen LogP contribution in [0.5, 0.6) is 11.6 Å². The van der Waals surface area contributed by atoms with Gasteiger partial charge in [-0.1, -0.05) is 6.07 Å². The number of methoxy groups -OCH3 is 1. The van der Waals surface area contributed by atoms with Crippen molar-refractivity contribution < 1.29 is 14.2 Å².